The highest BCUT2D eigenvalue weighted by molar-refractivity contribution is 7.67. The Bertz CT molecular complexity index is 831. The molecule has 0 aliphatic rings. The maximum absolute atomic E-state index is 6.09. The molecule has 1 heterocycles. The number of hydrogen-bond donors (Lipinski definition) is 1. The molecule has 0 atom stereocenters. The standard InChI is InChI=1S/C14H10ClN3S2/c15-11-8-4-5-9-12(11)17-14-18-13(19-20-14)16-10-6-2-1-3-7-10/h1-9H,(H,16,17,18). The number of nitrogens with zero attached hydrogens (tertiary/aromatic N) is 2. The Hall–Kier alpha value is -1.69. The van der Waals surface area contributed by atoms with Gasteiger partial charge >= 0.3 is 0 Å². The average Bonchev–Trinajstić information content (AvgIpc) is 2.90. The van der Waals surface area contributed by atoms with Gasteiger partial charge < -0.3 is 4.98 Å². The van der Waals surface area contributed by atoms with Gasteiger partial charge in [-0.05, 0) is 44.9 Å². The first-order valence-electron chi connectivity index (χ1n) is 5.90. The molecular weight excluding hydrogens is 310 g/mol. The molecule has 0 saturated carbocycles. The largest absolute Gasteiger partial charge is 0.306 e. The summed E-state index contributed by atoms with van der Waals surface area (Å²) >= 11 is 6.09. The fourth-order valence-electron chi connectivity index (χ4n) is 1.58. The van der Waals surface area contributed by atoms with Crippen molar-refractivity contribution in [3.8, 4) is 0 Å². The van der Waals surface area contributed by atoms with Crippen LogP contribution in [0.1, 0.15) is 0 Å². The summed E-state index contributed by atoms with van der Waals surface area (Å²) in [5, 5.41) is 0.640. The van der Waals surface area contributed by atoms with Crippen molar-refractivity contribution in [2.75, 3.05) is 0 Å². The number of benzene rings is 2. The van der Waals surface area contributed by atoms with Crippen LogP contribution in [-0.4, -0.2) is 4.98 Å². The number of halogens is 1. The Kier molecular flexibility index (Phi) is 4.11. The molecule has 0 amide bonds. The van der Waals surface area contributed by atoms with E-state index in [0.717, 1.165) is 21.0 Å². The Balaban J connectivity index is 1.99. The summed E-state index contributed by atoms with van der Waals surface area (Å²) in [5.74, 6) is 0. The summed E-state index contributed by atoms with van der Waals surface area (Å²) in [4.78, 5) is 13.8. The smallest absolute Gasteiger partial charge is 0.199 e. The van der Waals surface area contributed by atoms with Crippen LogP contribution in [0.25, 0.3) is 0 Å². The van der Waals surface area contributed by atoms with Gasteiger partial charge in [0.25, 0.3) is 0 Å². The van der Waals surface area contributed by atoms with Gasteiger partial charge in [-0.1, -0.05) is 41.9 Å². The highest BCUT2D eigenvalue weighted by Gasteiger charge is 1.96. The average molecular weight is 320 g/mol. The van der Waals surface area contributed by atoms with Crippen LogP contribution in [0.2, 0.25) is 5.02 Å². The van der Waals surface area contributed by atoms with Crippen LogP contribution in [0, 0.1) is 0 Å². The van der Waals surface area contributed by atoms with Crippen molar-refractivity contribution in [3.63, 3.8) is 0 Å². The quantitative estimate of drug-likeness (QED) is 0.686. The summed E-state index contributed by atoms with van der Waals surface area (Å²) in [5.41, 5.74) is 1.67. The minimum absolute atomic E-state index is 0.640. The van der Waals surface area contributed by atoms with E-state index in [4.69, 9.17) is 11.6 Å². The van der Waals surface area contributed by atoms with Crippen LogP contribution in [-0.2, 0) is 0 Å². The molecule has 0 saturated heterocycles. The molecule has 3 aromatic rings. The van der Waals surface area contributed by atoms with Gasteiger partial charge in [-0.15, -0.1) is 0 Å². The summed E-state index contributed by atoms with van der Waals surface area (Å²) < 4.78 is 0. The minimum Gasteiger partial charge on any atom is -0.306 e. The summed E-state index contributed by atoms with van der Waals surface area (Å²) in [6.07, 6.45) is 0. The number of H-pyrrole nitrogens is 1. The molecule has 1 N–H and O–H groups in total. The lowest BCUT2D eigenvalue weighted by Gasteiger charge is -1.93. The molecule has 3 rings (SSSR count). The molecule has 6 heteroatoms. The van der Waals surface area contributed by atoms with E-state index in [2.05, 4.69) is 15.0 Å². The van der Waals surface area contributed by atoms with Crippen LogP contribution >= 0.6 is 32.3 Å². The minimum atomic E-state index is 0.640. The first-order valence-corrected chi connectivity index (χ1v) is 8.42. The van der Waals surface area contributed by atoms with Crippen LogP contribution < -0.4 is 9.60 Å². The molecule has 3 nitrogen and oxygen atoms in total. The molecule has 0 bridgehead atoms. The molecule has 0 radical (unpaired) electrons. The van der Waals surface area contributed by atoms with Gasteiger partial charge in [0, 0.05) is 0 Å². The zero-order valence-electron chi connectivity index (χ0n) is 10.3. The Morgan fingerprint density at radius 2 is 1.45 bits per heavy atom. The van der Waals surface area contributed by atoms with Crippen molar-refractivity contribution in [1.82, 2.24) is 4.98 Å². The van der Waals surface area contributed by atoms with Gasteiger partial charge in [0.2, 0.25) is 0 Å². The van der Waals surface area contributed by atoms with Crippen LogP contribution in [0.4, 0.5) is 11.4 Å². The predicted molar refractivity (Wildman–Crippen MR) is 84.9 cm³/mol. The lowest BCUT2D eigenvalue weighted by Crippen LogP contribution is -2.07. The molecule has 0 fully saturated rings. The lowest BCUT2D eigenvalue weighted by molar-refractivity contribution is 1.15. The summed E-state index contributed by atoms with van der Waals surface area (Å²) in [7, 11) is 3.09. The highest BCUT2D eigenvalue weighted by Crippen LogP contribution is 2.22. The molecule has 0 unspecified atom stereocenters. The Morgan fingerprint density at radius 3 is 2.20 bits per heavy atom. The van der Waals surface area contributed by atoms with Gasteiger partial charge in [0.05, 0.1) is 16.4 Å². The molecule has 1 aromatic heterocycles. The number of hydrogen-bond acceptors (Lipinski definition) is 4. The number of rotatable bonds is 2. The van der Waals surface area contributed by atoms with Crippen molar-refractivity contribution in [2.24, 2.45) is 9.98 Å². The van der Waals surface area contributed by atoms with Crippen LogP contribution in [0.5, 0.6) is 0 Å². The Labute approximate surface area is 128 Å². The van der Waals surface area contributed by atoms with E-state index in [9.17, 15) is 0 Å². The molecule has 100 valence electrons. The first-order chi connectivity index (χ1) is 9.81. The van der Waals surface area contributed by atoms with E-state index in [1.807, 2.05) is 54.6 Å². The van der Waals surface area contributed by atoms with Crippen molar-refractivity contribution >= 4 is 43.7 Å². The summed E-state index contributed by atoms with van der Waals surface area (Å²) in [6.45, 7) is 0. The van der Waals surface area contributed by atoms with Gasteiger partial charge in [-0.25, -0.2) is 9.98 Å². The fraction of sp³-hybridized carbons (Fsp3) is 0. The molecular formula is C14H10ClN3S2. The number of aromatic nitrogens is 1. The number of nitrogens with one attached hydrogen (secondary N) is 1. The normalized spacial score (nSPS) is 12.8. The fourth-order valence-corrected chi connectivity index (χ4v) is 3.48. The zero-order valence-corrected chi connectivity index (χ0v) is 12.7. The van der Waals surface area contributed by atoms with E-state index in [-0.39, 0.29) is 0 Å². The summed E-state index contributed by atoms with van der Waals surface area (Å²) in [6, 6.07) is 17.3. The van der Waals surface area contributed by atoms with Crippen molar-refractivity contribution < 1.29 is 0 Å². The predicted octanol–water partition coefficient (Wildman–Crippen LogP) is 4.26. The number of aromatic amines is 1. The topological polar surface area (TPSA) is 40.5 Å². The van der Waals surface area contributed by atoms with E-state index >= 15 is 0 Å². The second-order valence-electron chi connectivity index (χ2n) is 3.91. The van der Waals surface area contributed by atoms with Crippen molar-refractivity contribution in [1.29, 1.82) is 0 Å². The van der Waals surface area contributed by atoms with E-state index in [1.54, 1.807) is 10.3 Å². The molecule has 0 spiro atoms. The van der Waals surface area contributed by atoms with Gasteiger partial charge in [-0.2, -0.15) is 0 Å². The van der Waals surface area contributed by atoms with E-state index < -0.39 is 0 Å². The van der Waals surface area contributed by atoms with E-state index in [0.29, 0.717) is 5.02 Å². The number of para-hydroxylation sites is 2. The monoisotopic (exact) mass is 319 g/mol. The zero-order chi connectivity index (χ0) is 13.8. The van der Waals surface area contributed by atoms with Crippen LogP contribution in [0.15, 0.2) is 64.6 Å². The van der Waals surface area contributed by atoms with Gasteiger partial charge in [0.15, 0.2) is 9.60 Å². The van der Waals surface area contributed by atoms with Gasteiger partial charge in [0.1, 0.15) is 0 Å². The molecule has 0 aliphatic heterocycles. The third-order valence-corrected chi connectivity index (χ3v) is 4.78. The lowest BCUT2D eigenvalue weighted by atomic mass is 10.3. The second kappa shape index (κ2) is 6.17. The molecule has 0 aliphatic carbocycles. The van der Waals surface area contributed by atoms with E-state index in [1.165, 1.54) is 10.3 Å². The SMILES string of the molecule is Clc1ccccc1/N=c1\[nH]/c(=N/c2ccccc2)ss1. The molecule has 2 aromatic carbocycles. The third kappa shape index (κ3) is 3.25. The maximum Gasteiger partial charge on any atom is 0.199 e. The van der Waals surface area contributed by atoms with Crippen molar-refractivity contribution in [2.45, 2.75) is 0 Å². The Morgan fingerprint density at radius 1 is 0.800 bits per heavy atom. The third-order valence-electron chi connectivity index (χ3n) is 2.47. The highest BCUT2D eigenvalue weighted by atomic mass is 35.5. The first kappa shape index (κ1) is 13.3. The molecule has 20 heavy (non-hydrogen) atoms. The van der Waals surface area contributed by atoms with Crippen molar-refractivity contribution in [3.05, 3.63) is 69.2 Å². The van der Waals surface area contributed by atoms with Gasteiger partial charge in [-0.3, -0.25) is 0 Å². The maximum atomic E-state index is 6.09. The second-order valence-corrected chi connectivity index (χ2v) is 6.43. The van der Waals surface area contributed by atoms with Crippen LogP contribution in [0.3, 0.4) is 0 Å².